The Morgan fingerprint density at radius 2 is 1.80 bits per heavy atom. The topological polar surface area (TPSA) is 71.8 Å². The average molecular weight is 482 g/mol. The molecule has 35 heavy (non-hydrogen) atoms. The van der Waals surface area contributed by atoms with E-state index in [-0.39, 0.29) is 29.4 Å². The van der Waals surface area contributed by atoms with Crippen molar-refractivity contribution in [1.82, 2.24) is 0 Å². The number of hydrogen-bond donors (Lipinski definition) is 1. The number of furan rings is 1. The van der Waals surface area contributed by atoms with Gasteiger partial charge in [-0.25, -0.2) is 0 Å². The summed E-state index contributed by atoms with van der Waals surface area (Å²) in [6.45, 7) is 0. The molecule has 1 N–H and O–H groups in total. The van der Waals surface area contributed by atoms with Crippen LogP contribution in [0.15, 0.2) is 82.6 Å². The van der Waals surface area contributed by atoms with Gasteiger partial charge in [0, 0.05) is 23.6 Å². The highest BCUT2D eigenvalue weighted by Crippen LogP contribution is 2.48. The number of carbonyl (C=O) groups is 2. The normalized spacial score (nSPS) is 20.0. The van der Waals surface area contributed by atoms with E-state index in [0.717, 1.165) is 0 Å². The van der Waals surface area contributed by atoms with Crippen LogP contribution in [0.1, 0.15) is 36.1 Å². The number of benzene rings is 2. The number of para-hydroxylation sites is 2. The second kappa shape index (κ2) is 8.65. The predicted molar refractivity (Wildman–Crippen MR) is 122 cm³/mol. The van der Waals surface area contributed by atoms with Crippen molar-refractivity contribution in [3.05, 3.63) is 89.5 Å². The summed E-state index contributed by atoms with van der Waals surface area (Å²) >= 11 is 0. The van der Waals surface area contributed by atoms with Crippen molar-refractivity contribution < 1.29 is 31.9 Å². The van der Waals surface area contributed by atoms with E-state index < -0.39 is 18.1 Å². The Bertz CT molecular complexity index is 1300. The standard InChI is InChI=1S/C26H21F3N2O4/c1-34-17-10-8-15(9-11-17)24-23-19(13-16(14-21(23)32)22-7-4-12-35-22)30-18-5-2-3-6-20(18)31(24)25(33)26(27,28)29/h2-12,16,24,30H,13-14H2,1H3. The summed E-state index contributed by atoms with van der Waals surface area (Å²) in [6, 6.07) is 14.8. The zero-order valence-electron chi connectivity index (χ0n) is 18.6. The van der Waals surface area contributed by atoms with Crippen LogP contribution < -0.4 is 15.0 Å². The fourth-order valence-electron chi connectivity index (χ4n) is 4.78. The van der Waals surface area contributed by atoms with Gasteiger partial charge < -0.3 is 14.5 Å². The Morgan fingerprint density at radius 1 is 1.06 bits per heavy atom. The molecule has 2 unspecified atom stereocenters. The molecule has 5 rings (SSSR count). The number of ether oxygens (including phenoxy) is 1. The van der Waals surface area contributed by atoms with Gasteiger partial charge in [-0.3, -0.25) is 14.5 Å². The number of methoxy groups -OCH3 is 1. The summed E-state index contributed by atoms with van der Waals surface area (Å²) in [7, 11) is 1.47. The number of anilines is 2. The first-order valence-corrected chi connectivity index (χ1v) is 11.0. The lowest BCUT2D eigenvalue weighted by Gasteiger charge is -2.35. The van der Waals surface area contributed by atoms with E-state index in [4.69, 9.17) is 9.15 Å². The number of hydrogen-bond acceptors (Lipinski definition) is 5. The monoisotopic (exact) mass is 482 g/mol. The zero-order chi connectivity index (χ0) is 24.7. The number of nitrogens with zero attached hydrogens (tertiary/aromatic N) is 1. The third-order valence-electron chi connectivity index (χ3n) is 6.33. The van der Waals surface area contributed by atoms with Crippen molar-refractivity contribution in [3.8, 4) is 5.75 Å². The van der Waals surface area contributed by atoms with Crippen LogP contribution in [-0.2, 0) is 9.59 Å². The second-order valence-corrected chi connectivity index (χ2v) is 8.43. The van der Waals surface area contributed by atoms with Crippen molar-refractivity contribution >= 4 is 23.1 Å². The van der Waals surface area contributed by atoms with Crippen LogP contribution in [0.4, 0.5) is 24.5 Å². The molecule has 0 saturated heterocycles. The lowest BCUT2D eigenvalue weighted by molar-refractivity contribution is -0.170. The number of carbonyl (C=O) groups excluding carboxylic acids is 2. The number of halogens is 3. The molecule has 180 valence electrons. The number of allylic oxidation sites excluding steroid dienone is 1. The van der Waals surface area contributed by atoms with Crippen LogP contribution in [0.3, 0.4) is 0 Å². The maximum atomic E-state index is 13.9. The summed E-state index contributed by atoms with van der Waals surface area (Å²) in [4.78, 5) is 27.1. The molecule has 2 aromatic carbocycles. The SMILES string of the molecule is COc1ccc(C2C3=C(CC(c4ccco4)CC3=O)Nc3ccccc3N2C(=O)C(F)(F)F)cc1. The summed E-state index contributed by atoms with van der Waals surface area (Å²) in [6.07, 6.45) is -3.25. The van der Waals surface area contributed by atoms with Crippen LogP contribution in [0, 0.1) is 0 Å². The minimum absolute atomic E-state index is 0.0346. The molecule has 2 heterocycles. The highest BCUT2D eigenvalue weighted by molar-refractivity contribution is 6.07. The summed E-state index contributed by atoms with van der Waals surface area (Å²) in [5.74, 6) is -1.57. The number of rotatable bonds is 3. The molecule has 0 radical (unpaired) electrons. The maximum absolute atomic E-state index is 13.9. The largest absolute Gasteiger partial charge is 0.497 e. The number of ketones is 1. The van der Waals surface area contributed by atoms with Gasteiger partial charge in [0.1, 0.15) is 11.5 Å². The quantitative estimate of drug-likeness (QED) is 0.515. The molecule has 2 atom stereocenters. The van der Waals surface area contributed by atoms with Crippen LogP contribution in [-0.4, -0.2) is 25.0 Å². The Labute approximate surface area is 199 Å². The molecular formula is C26H21F3N2O4. The van der Waals surface area contributed by atoms with Crippen LogP contribution in [0.2, 0.25) is 0 Å². The Hall–Kier alpha value is -4.01. The molecule has 1 aliphatic heterocycles. The number of amides is 1. The van der Waals surface area contributed by atoms with Gasteiger partial charge in [0.25, 0.3) is 0 Å². The van der Waals surface area contributed by atoms with E-state index in [1.54, 1.807) is 54.6 Å². The second-order valence-electron chi connectivity index (χ2n) is 8.43. The summed E-state index contributed by atoms with van der Waals surface area (Å²) < 4.78 is 52.4. The van der Waals surface area contributed by atoms with Gasteiger partial charge in [-0.15, -0.1) is 0 Å². The van der Waals surface area contributed by atoms with E-state index in [1.807, 2.05) is 0 Å². The zero-order valence-corrected chi connectivity index (χ0v) is 18.6. The lowest BCUT2D eigenvalue weighted by atomic mass is 9.80. The first-order chi connectivity index (χ1) is 16.8. The molecule has 0 spiro atoms. The van der Waals surface area contributed by atoms with Gasteiger partial charge in [-0.1, -0.05) is 24.3 Å². The van der Waals surface area contributed by atoms with Crippen LogP contribution >= 0.6 is 0 Å². The van der Waals surface area contributed by atoms with Crippen molar-refractivity contribution in [2.45, 2.75) is 31.0 Å². The van der Waals surface area contributed by atoms with E-state index in [0.29, 0.717) is 39.8 Å². The fraction of sp³-hybridized carbons (Fsp3) is 0.231. The number of alkyl halides is 3. The highest BCUT2D eigenvalue weighted by atomic mass is 19.4. The van der Waals surface area contributed by atoms with Crippen LogP contribution in [0.5, 0.6) is 5.75 Å². The summed E-state index contributed by atoms with van der Waals surface area (Å²) in [5.41, 5.74) is 1.30. The predicted octanol–water partition coefficient (Wildman–Crippen LogP) is 5.75. The molecule has 3 aromatic rings. The van der Waals surface area contributed by atoms with Gasteiger partial charge in [-0.05, 0) is 48.4 Å². The first-order valence-electron chi connectivity index (χ1n) is 11.0. The third kappa shape index (κ3) is 4.07. The van der Waals surface area contributed by atoms with E-state index >= 15 is 0 Å². The van der Waals surface area contributed by atoms with Crippen LogP contribution in [0.25, 0.3) is 0 Å². The minimum atomic E-state index is -5.16. The molecule has 1 amide bonds. The Kier molecular flexibility index (Phi) is 5.62. The molecule has 1 aromatic heterocycles. The maximum Gasteiger partial charge on any atom is 0.471 e. The highest BCUT2D eigenvalue weighted by Gasteiger charge is 2.50. The molecule has 1 aliphatic carbocycles. The van der Waals surface area contributed by atoms with Gasteiger partial charge in [-0.2, -0.15) is 13.2 Å². The molecule has 0 fully saturated rings. The van der Waals surface area contributed by atoms with Gasteiger partial charge in [0.15, 0.2) is 5.78 Å². The molecule has 0 bridgehead atoms. The molecular weight excluding hydrogens is 461 g/mol. The number of fused-ring (bicyclic) bond motifs is 1. The Balaban J connectivity index is 1.74. The van der Waals surface area contributed by atoms with Crippen molar-refractivity contribution in [2.75, 3.05) is 17.3 Å². The van der Waals surface area contributed by atoms with Crippen molar-refractivity contribution in [1.29, 1.82) is 0 Å². The minimum Gasteiger partial charge on any atom is -0.497 e. The van der Waals surface area contributed by atoms with Crippen molar-refractivity contribution in [3.63, 3.8) is 0 Å². The summed E-state index contributed by atoms with van der Waals surface area (Å²) in [5, 5.41) is 3.17. The fourth-order valence-corrected chi connectivity index (χ4v) is 4.78. The van der Waals surface area contributed by atoms with E-state index in [2.05, 4.69) is 5.32 Å². The molecule has 6 nitrogen and oxygen atoms in total. The average Bonchev–Trinajstić information content (AvgIpc) is 3.33. The Morgan fingerprint density at radius 3 is 2.46 bits per heavy atom. The van der Waals surface area contributed by atoms with Crippen molar-refractivity contribution in [2.24, 2.45) is 0 Å². The first kappa shape index (κ1) is 22.8. The molecule has 0 saturated carbocycles. The van der Waals surface area contributed by atoms with Gasteiger partial charge in [0.05, 0.1) is 30.8 Å². The van der Waals surface area contributed by atoms with E-state index in [9.17, 15) is 22.8 Å². The molecule has 9 heteroatoms. The number of Topliss-reactive ketones (excluding diaryl/α,β-unsaturated/α-hetero) is 1. The molecule has 2 aliphatic rings. The number of nitrogens with one attached hydrogen (secondary N) is 1. The smallest absolute Gasteiger partial charge is 0.471 e. The third-order valence-corrected chi connectivity index (χ3v) is 6.33. The lowest BCUT2D eigenvalue weighted by Crippen LogP contribution is -2.45. The van der Waals surface area contributed by atoms with E-state index in [1.165, 1.54) is 19.4 Å². The van der Waals surface area contributed by atoms with Gasteiger partial charge >= 0.3 is 12.1 Å². The van der Waals surface area contributed by atoms with Gasteiger partial charge in [0.2, 0.25) is 0 Å².